The predicted octanol–water partition coefficient (Wildman–Crippen LogP) is 2.81. The van der Waals surface area contributed by atoms with E-state index in [9.17, 15) is 0 Å². The van der Waals surface area contributed by atoms with Crippen molar-refractivity contribution >= 4 is 5.69 Å². The van der Waals surface area contributed by atoms with Crippen molar-refractivity contribution in [3.8, 4) is 0 Å². The maximum absolute atomic E-state index is 5.68. The minimum atomic E-state index is 0.790. The molecule has 1 saturated heterocycles. The summed E-state index contributed by atoms with van der Waals surface area (Å²) >= 11 is 0. The molecule has 0 amide bonds. The summed E-state index contributed by atoms with van der Waals surface area (Å²) in [6, 6.07) is 8.82. The highest BCUT2D eigenvalue weighted by Crippen LogP contribution is 2.27. The zero-order valence-corrected chi connectivity index (χ0v) is 10.9. The number of nitrogens with zero attached hydrogens (tertiary/aromatic N) is 1. The third-order valence-electron chi connectivity index (χ3n) is 3.81. The van der Waals surface area contributed by atoms with Crippen LogP contribution >= 0.6 is 0 Å². The van der Waals surface area contributed by atoms with E-state index in [2.05, 4.69) is 36.1 Å². The first-order chi connectivity index (χ1) is 8.35. The molecule has 94 valence electrons. The van der Waals surface area contributed by atoms with Gasteiger partial charge in [-0.2, -0.15) is 0 Å². The van der Waals surface area contributed by atoms with E-state index in [1.54, 1.807) is 0 Å². The number of anilines is 1. The summed E-state index contributed by atoms with van der Waals surface area (Å²) in [5.74, 6) is 0.790. The monoisotopic (exact) mass is 232 g/mol. The van der Waals surface area contributed by atoms with Crippen molar-refractivity contribution in [2.45, 2.75) is 32.6 Å². The number of para-hydroxylation sites is 1. The van der Waals surface area contributed by atoms with Crippen LogP contribution in [0.25, 0.3) is 0 Å². The highest BCUT2D eigenvalue weighted by molar-refractivity contribution is 5.54. The minimum absolute atomic E-state index is 0.790. The lowest BCUT2D eigenvalue weighted by molar-refractivity contribution is 0.395. The molecular weight excluding hydrogens is 208 g/mol. The average Bonchev–Trinajstić information content (AvgIpc) is 2.39. The highest BCUT2D eigenvalue weighted by atomic mass is 15.1. The van der Waals surface area contributed by atoms with E-state index in [1.807, 2.05) is 0 Å². The largest absolute Gasteiger partial charge is 0.371 e. The van der Waals surface area contributed by atoms with Crippen LogP contribution in [-0.2, 0) is 6.42 Å². The molecule has 0 aromatic heterocycles. The molecule has 1 atom stereocenters. The molecule has 0 bridgehead atoms. The topological polar surface area (TPSA) is 29.3 Å². The molecule has 1 fully saturated rings. The predicted molar refractivity (Wildman–Crippen MR) is 74.4 cm³/mol. The van der Waals surface area contributed by atoms with Crippen molar-refractivity contribution in [1.82, 2.24) is 0 Å². The second-order valence-electron chi connectivity index (χ2n) is 5.01. The van der Waals surface area contributed by atoms with Gasteiger partial charge in [0.25, 0.3) is 0 Å². The van der Waals surface area contributed by atoms with E-state index < -0.39 is 0 Å². The quantitative estimate of drug-likeness (QED) is 0.865. The van der Waals surface area contributed by atoms with Crippen molar-refractivity contribution < 1.29 is 0 Å². The van der Waals surface area contributed by atoms with Gasteiger partial charge < -0.3 is 10.6 Å². The smallest absolute Gasteiger partial charge is 0.0398 e. The Morgan fingerprint density at radius 1 is 1.35 bits per heavy atom. The van der Waals surface area contributed by atoms with E-state index in [-0.39, 0.29) is 0 Å². The van der Waals surface area contributed by atoms with Crippen LogP contribution in [0.2, 0.25) is 0 Å². The molecule has 2 heteroatoms. The van der Waals surface area contributed by atoms with Crippen LogP contribution < -0.4 is 10.6 Å². The van der Waals surface area contributed by atoms with E-state index >= 15 is 0 Å². The van der Waals surface area contributed by atoms with Crippen molar-refractivity contribution in [3.63, 3.8) is 0 Å². The summed E-state index contributed by atoms with van der Waals surface area (Å²) < 4.78 is 0. The summed E-state index contributed by atoms with van der Waals surface area (Å²) in [6.45, 7) is 5.46. The van der Waals surface area contributed by atoms with E-state index in [1.165, 1.54) is 43.6 Å². The van der Waals surface area contributed by atoms with Gasteiger partial charge in [-0.05, 0) is 49.8 Å². The molecule has 1 unspecified atom stereocenters. The molecule has 1 aromatic rings. The standard InChI is InChI=1S/C15H24N2/c1-2-14-7-3-4-8-15(14)17-11-5-6-13(12-17)9-10-16/h3-4,7-8,13H,2,5-6,9-12,16H2,1H3. The molecule has 0 aliphatic carbocycles. The van der Waals surface area contributed by atoms with Gasteiger partial charge in [-0.25, -0.2) is 0 Å². The van der Waals surface area contributed by atoms with Crippen molar-refractivity contribution in [3.05, 3.63) is 29.8 Å². The molecule has 1 heterocycles. The SMILES string of the molecule is CCc1ccccc1N1CCCC(CCN)C1. The Kier molecular flexibility index (Phi) is 4.43. The molecule has 2 nitrogen and oxygen atoms in total. The van der Waals surface area contributed by atoms with Crippen LogP contribution in [0.15, 0.2) is 24.3 Å². The van der Waals surface area contributed by atoms with E-state index in [0.29, 0.717) is 0 Å². The second kappa shape index (κ2) is 6.06. The van der Waals surface area contributed by atoms with Crippen molar-refractivity contribution in [2.24, 2.45) is 11.7 Å². The Hall–Kier alpha value is -1.02. The van der Waals surface area contributed by atoms with E-state index in [0.717, 1.165) is 18.9 Å². The molecule has 1 aliphatic heterocycles. The zero-order chi connectivity index (χ0) is 12.1. The van der Waals surface area contributed by atoms with Crippen LogP contribution in [0, 0.1) is 5.92 Å². The van der Waals surface area contributed by atoms with Gasteiger partial charge >= 0.3 is 0 Å². The van der Waals surface area contributed by atoms with Crippen LogP contribution in [0.4, 0.5) is 5.69 Å². The first kappa shape index (κ1) is 12.4. The maximum Gasteiger partial charge on any atom is 0.0398 e. The molecule has 1 aliphatic rings. The van der Waals surface area contributed by atoms with Crippen LogP contribution in [0.1, 0.15) is 31.7 Å². The minimum Gasteiger partial charge on any atom is -0.371 e. The Morgan fingerprint density at radius 2 is 2.18 bits per heavy atom. The van der Waals surface area contributed by atoms with Crippen LogP contribution in [0.3, 0.4) is 0 Å². The molecule has 2 rings (SSSR count). The summed E-state index contributed by atoms with van der Waals surface area (Å²) in [5, 5.41) is 0. The van der Waals surface area contributed by atoms with Gasteiger partial charge in [0, 0.05) is 18.8 Å². The molecule has 0 saturated carbocycles. The fourth-order valence-corrected chi connectivity index (χ4v) is 2.87. The number of aryl methyl sites for hydroxylation is 1. The van der Waals surface area contributed by atoms with Gasteiger partial charge in [0.05, 0.1) is 0 Å². The van der Waals surface area contributed by atoms with Gasteiger partial charge in [0.2, 0.25) is 0 Å². The number of benzene rings is 1. The Bertz CT molecular complexity index is 347. The van der Waals surface area contributed by atoms with Gasteiger partial charge in [0.1, 0.15) is 0 Å². The fourth-order valence-electron chi connectivity index (χ4n) is 2.87. The number of hydrogen-bond acceptors (Lipinski definition) is 2. The first-order valence-electron chi connectivity index (χ1n) is 6.88. The Morgan fingerprint density at radius 3 is 2.94 bits per heavy atom. The number of nitrogens with two attached hydrogens (primary N) is 1. The lowest BCUT2D eigenvalue weighted by Crippen LogP contribution is -2.36. The normalized spacial score (nSPS) is 20.6. The van der Waals surface area contributed by atoms with Gasteiger partial charge in [-0.3, -0.25) is 0 Å². The third-order valence-corrected chi connectivity index (χ3v) is 3.81. The summed E-state index contributed by atoms with van der Waals surface area (Å²) in [7, 11) is 0. The van der Waals surface area contributed by atoms with Gasteiger partial charge in [-0.1, -0.05) is 25.1 Å². The van der Waals surface area contributed by atoms with Crippen molar-refractivity contribution in [2.75, 3.05) is 24.5 Å². The molecule has 2 N–H and O–H groups in total. The molecule has 0 radical (unpaired) electrons. The third kappa shape index (κ3) is 3.01. The molecule has 17 heavy (non-hydrogen) atoms. The number of piperidine rings is 1. The van der Waals surface area contributed by atoms with Crippen LogP contribution in [0.5, 0.6) is 0 Å². The maximum atomic E-state index is 5.68. The number of hydrogen-bond donors (Lipinski definition) is 1. The van der Waals surface area contributed by atoms with Gasteiger partial charge in [-0.15, -0.1) is 0 Å². The molecular formula is C15H24N2. The highest BCUT2D eigenvalue weighted by Gasteiger charge is 2.20. The average molecular weight is 232 g/mol. The molecule has 0 spiro atoms. The Balaban J connectivity index is 2.10. The first-order valence-corrected chi connectivity index (χ1v) is 6.88. The molecule has 1 aromatic carbocycles. The summed E-state index contributed by atoms with van der Waals surface area (Å²) in [5.41, 5.74) is 8.60. The summed E-state index contributed by atoms with van der Waals surface area (Å²) in [4.78, 5) is 2.56. The van der Waals surface area contributed by atoms with Gasteiger partial charge in [0.15, 0.2) is 0 Å². The summed E-state index contributed by atoms with van der Waals surface area (Å²) in [6.07, 6.45) is 4.95. The van der Waals surface area contributed by atoms with Crippen LogP contribution in [-0.4, -0.2) is 19.6 Å². The number of rotatable bonds is 4. The lowest BCUT2D eigenvalue weighted by atomic mass is 9.94. The lowest BCUT2D eigenvalue weighted by Gasteiger charge is -2.35. The second-order valence-corrected chi connectivity index (χ2v) is 5.01. The van der Waals surface area contributed by atoms with Crippen molar-refractivity contribution in [1.29, 1.82) is 0 Å². The fraction of sp³-hybridized carbons (Fsp3) is 0.600. The van der Waals surface area contributed by atoms with E-state index in [4.69, 9.17) is 5.73 Å². The Labute approximate surface area is 105 Å². The zero-order valence-electron chi connectivity index (χ0n) is 10.9.